The average molecular weight is 424 g/mol. The van der Waals surface area contributed by atoms with Gasteiger partial charge in [-0.15, -0.1) is 0 Å². The van der Waals surface area contributed by atoms with Gasteiger partial charge in [0.2, 0.25) is 5.95 Å². The van der Waals surface area contributed by atoms with Crippen molar-refractivity contribution in [2.24, 2.45) is 0 Å². The Balaban J connectivity index is 1.74. The molecular weight excluding hydrogens is 412 g/mol. The van der Waals surface area contributed by atoms with Crippen molar-refractivity contribution in [2.45, 2.75) is 0 Å². The van der Waals surface area contributed by atoms with Crippen LogP contribution < -0.4 is 16.2 Å². The molecule has 13 nitrogen and oxygen atoms in total. The first-order valence-corrected chi connectivity index (χ1v) is 8.46. The molecule has 0 aliphatic carbocycles. The van der Waals surface area contributed by atoms with Gasteiger partial charge in [-0.3, -0.25) is 44.9 Å². The van der Waals surface area contributed by atoms with E-state index in [0.717, 1.165) is 30.3 Å². The molecule has 0 saturated heterocycles. The van der Waals surface area contributed by atoms with Gasteiger partial charge in [0.1, 0.15) is 5.82 Å². The topological polar surface area (TPSA) is 190 Å². The summed E-state index contributed by atoms with van der Waals surface area (Å²) >= 11 is 0. The number of aromatic nitrogens is 2. The summed E-state index contributed by atoms with van der Waals surface area (Å²) in [6, 6.07) is 10.5. The summed E-state index contributed by atoms with van der Waals surface area (Å²) in [5, 5.41) is 26.0. The normalized spacial score (nSPS) is 10.2. The Kier molecular flexibility index (Phi) is 5.77. The summed E-state index contributed by atoms with van der Waals surface area (Å²) in [5.74, 6) is -1.82. The molecule has 13 heteroatoms. The van der Waals surface area contributed by atoms with Crippen LogP contribution in [0.15, 0.2) is 59.4 Å². The van der Waals surface area contributed by atoms with Crippen molar-refractivity contribution in [3.8, 4) is 0 Å². The first kappa shape index (κ1) is 20.8. The molecule has 0 radical (unpaired) electrons. The number of anilines is 2. The molecule has 0 saturated carbocycles. The minimum Gasteiger partial charge on any atom is -0.306 e. The number of nitro groups is 2. The largest absolute Gasteiger partial charge is 0.306 e. The van der Waals surface area contributed by atoms with E-state index in [4.69, 9.17) is 0 Å². The maximum Gasteiger partial charge on any atom is 0.269 e. The number of benzene rings is 2. The molecule has 0 fully saturated rings. The Morgan fingerprint density at radius 2 is 1.26 bits per heavy atom. The molecule has 0 bridgehead atoms. The van der Waals surface area contributed by atoms with Gasteiger partial charge in [-0.05, 0) is 24.3 Å². The molecule has 2 aromatic carbocycles. The standard InChI is InChI=1S/C18H12N6O7/c25-15-9-14(19-16(26)10-1-5-12(6-2-10)23(28)29)20-18(21-15)22-17(27)11-3-7-13(8-4-11)24(30)31/h1-9H,(H3,19,20,21,22,25,26,27). The number of aromatic amines is 1. The molecule has 31 heavy (non-hydrogen) atoms. The van der Waals surface area contributed by atoms with Gasteiger partial charge in [-0.25, -0.2) is 0 Å². The van der Waals surface area contributed by atoms with Crippen LogP contribution in [0.1, 0.15) is 20.7 Å². The second-order valence-corrected chi connectivity index (χ2v) is 6.00. The van der Waals surface area contributed by atoms with Gasteiger partial charge in [-0.1, -0.05) is 0 Å². The number of carbonyl (C=O) groups excluding carboxylic acids is 2. The van der Waals surface area contributed by atoms with Crippen molar-refractivity contribution < 1.29 is 19.4 Å². The number of nitro benzene ring substituents is 2. The van der Waals surface area contributed by atoms with Gasteiger partial charge in [0, 0.05) is 41.5 Å². The minimum absolute atomic E-state index is 0.0774. The predicted molar refractivity (Wildman–Crippen MR) is 107 cm³/mol. The van der Waals surface area contributed by atoms with E-state index in [1.54, 1.807) is 0 Å². The number of carbonyl (C=O) groups is 2. The fourth-order valence-electron chi connectivity index (χ4n) is 2.42. The molecule has 1 aromatic heterocycles. The van der Waals surface area contributed by atoms with Gasteiger partial charge < -0.3 is 5.32 Å². The molecule has 0 spiro atoms. The molecule has 0 atom stereocenters. The van der Waals surface area contributed by atoms with E-state index in [1.807, 2.05) is 0 Å². The van der Waals surface area contributed by atoms with Crippen molar-refractivity contribution in [3.63, 3.8) is 0 Å². The van der Waals surface area contributed by atoms with Gasteiger partial charge in [-0.2, -0.15) is 4.98 Å². The number of hydrogen-bond donors (Lipinski definition) is 3. The first-order chi connectivity index (χ1) is 14.7. The molecule has 3 rings (SSSR count). The number of amides is 2. The predicted octanol–water partition coefficient (Wildman–Crippen LogP) is 2.09. The molecule has 1 heterocycles. The second-order valence-electron chi connectivity index (χ2n) is 6.00. The van der Waals surface area contributed by atoms with E-state index in [9.17, 15) is 34.6 Å². The summed E-state index contributed by atoms with van der Waals surface area (Å²) in [5.41, 5.74) is -0.896. The van der Waals surface area contributed by atoms with Crippen molar-refractivity contribution in [1.29, 1.82) is 0 Å². The highest BCUT2D eigenvalue weighted by Crippen LogP contribution is 2.15. The van der Waals surface area contributed by atoms with Crippen molar-refractivity contribution in [1.82, 2.24) is 9.97 Å². The zero-order valence-corrected chi connectivity index (χ0v) is 15.4. The zero-order valence-electron chi connectivity index (χ0n) is 15.4. The van der Waals surface area contributed by atoms with Crippen molar-refractivity contribution in [3.05, 3.63) is 96.3 Å². The van der Waals surface area contributed by atoms with E-state index in [1.165, 1.54) is 24.3 Å². The molecule has 156 valence electrons. The summed E-state index contributed by atoms with van der Waals surface area (Å²) in [6.07, 6.45) is 0. The molecule has 3 aromatic rings. The Hall–Kier alpha value is -4.94. The second kappa shape index (κ2) is 8.60. The van der Waals surface area contributed by atoms with Crippen molar-refractivity contribution in [2.75, 3.05) is 10.6 Å². The number of H-pyrrole nitrogens is 1. The monoisotopic (exact) mass is 424 g/mol. The number of non-ortho nitro benzene ring substituents is 2. The average Bonchev–Trinajstić information content (AvgIpc) is 2.73. The summed E-state index contributed by atoms with van der Waals surface area (Å²) in [7, 11) is 0. The van der Waals surface area contributed by atoms with Crippen LogP contribution in [0.3, 0.4) is 0 Å². The summed E-state index contributed by atoms with van der Waals surface area (Å²) < 4.78 is 0. The van der Waals surface area contributed by atoms with E-state index < -0.39 is 27.2 Å². The number of rotatable bonds is 6. The maximum absolute atomic E-state index is 12.3. The Labute approximate surface area is 172 Å². The van der Waals surface area contributed by atoms with E-state index in [2.05, 4.69) is 20.6 Å². The third-order valence-corrected chi connectivity index (χ3v) is 3.90. The number of nitrogens with zero attached hydrogens (tertiary/aromatic N) is 3. The van der Waals surface area contributed by atoms with Gasteiger partial charge in [0.05, 0.1) is 9.85 Å². The molecule has 2 amide bonds. The molecule has 0 unspecified atom stereocenters. The Morgan fingerprint density at radius 1 is 0.806 bits per heavy atom. The highest BCUT2D eigenvalue weighted by Gasteiger charge is 2.14. The SMILES string of the molecule is O=C(Nc1cc(=O)[nH]c(NC(=O)c2ccc([N+](=O)[O-])cc2)n1)c1ccc([N+](=O)[O-])cc1. The molecule has 0 aliphatic heterocycles. The fraction of sp³-hybridized carbons (Fsp3) is 0. The molecule has 3 N–H and O–H groups in total. The maximum atomic E-state index is 12.3. The summed E-state index contributed by atoms with van der Waals surface area (Å²) in [6.45, 7) is 0. The fourth-order valence-corrected chi connectivity index (χ4v) is 2.42. The smallest absolute Gasteiger partial charge is 0.269 e. The Bertz CT molecular complexity index is 1140. The van der Waals surface area contributed by atoms with Crippen LogP contribution in [0.25, 0.3) is 0 Å². The van der Waals surface area contributed by atoms with Gasteiger partial charge in [0.25, 0.3) is 28.7 Å². The number of nitrogens with one attached hydrogen (secondary N) is 3. The lowest BCUT2D eigenvalue weighted by atomic mass is 10.2. The lowest BCUT2D eigenvalue weighted by Gasteiger charge is -2.08. The van der Waals surface area contributed by atoms with Crippen LogP contribution in [-0.4, -0.2) is 31.6 Å². The van der Waals surface area contributed by atoms with Crippen molar-refractivity contribution >= 4 is 35.0 Å². The lowest BCUT2D eigenvalue weighted by Crippen LogP contribution is -2.21. The van der Waals surface area contributed by atoms with Crippen LogP contribution in [0.5, 0.6) is 0 Å². The highest BCUT2D eigenvalue weighted by molar-refractivity contribution is 6.05. The van der Waals surface area contributed by atoms with Crippen LogP contribution >= 0.6 is 0 Å². The van der Waals surface area contributed by atoms with Crippen LogP contribution in [-0.2, 0) is 0 Å². The minimum atomic E-state index is -0.697. The van der Waals surface area contributed by atoms with E-state index >= 15 is 0 Å². The Morgan fingerprint density at radius 3 is 1.71 bits per heavy atom. The van der Waals surface area contributed by atoms with Gasteiger partial charge >= 0.3 is 0 Å². The van der Waals surface area contributed by atoms with Gasteiger partial charge in [0.15, 0.2) is 0 Å². The zero-order chi connectivity index (χ0) is 22.5. The lowest BCUT2D eigenvalue weighted by molar-refractivity contribution is -0.385. The summed E-state index contributed by atoms with van der Waals surface area (Å²) in [4.78, 5) is 62.7. The van der Waals surface area contributed by atoms with Crippen LogP contribution in [0.4, 0.5) is 23.1 Å². The molecule has 0 aliphatic rings. The molecular formula is C18H12N6O7. The third kappa shape index (κ3) is 5.11. The third-order valence-electron chi connectivity index (χ3n) is 3.90. The highest BCUT2D eigenvalue weighted by atomic mass is 16.6. The van der Waals surface area contributed by atoms with E-state index in [0.29, 0.717) is 0 Å². The van der Waals surface area contributed by atoms with E-state index in [-0.39, 0.29) is 34.3 Å². The number of hydrogen-bond acceptors (Lipinski definition) is 8. The van der Waals surface area contributed by atoms with Crippen LogP contribution in [0.2, 0.25) is 0 Å². The van der Waals surface area contributed by atoms with Crippen LogP contribution in [0, 0.1) is 20.2 Å². The first-order valence-electron chi connectivity index (χ1n) is 8.46. The quantitative estimate of drug-likeness (QED) is 0.395.